The lowest BCUT2D eigenvalue weighted by atomic mass is 9.98. The van der Waals surface area contributed by atoms with Crippen molar-refractivity contribution in [3.63, 3.8) is 0 Å². The first-order chi connectivity index (χ1) is 14.9. The molecule has 162 valence electrons. The number of aromatic nitrogens is 2. The van der Waals surface area contributed by atoms with Gasteiger partial charge in [-0.25, -0.2) is 4.98 Å². The molecular formula is C23H22F2N2O4. The number of carbonyl (C=O) groups is 1. The molecule has 2 heterocycles. The second-order valence-corrected chi connectivity index (χ2v) is 6.80. The molecule has 0 spiro atoms. The predicted molar refractivity (Wildman–Crippen MR) is 111 cm³/mol. The SMILES string of the molecule is C=CCCOc1cc(-c2nc(C(C)C(=O)c3ncccc3C)co2)ccc1OC(F)F. The van der Waals surface area contributed by atoms with Gasteiger partial charge in [-0.3, -0.25) is 9.78 Å². The van der Waals surface area contributed by atoms with Gasteiger partial charge < -0.3 is 13.9 Å². The van der Waals surface area contributed by atoms with Crippen LogP contribution in [-0.2, 0) is 0 Å². The number of hydrogen-bond acceptors (Lipinski definition) is 6. The molecule has 1 aromatic carbocycles. The molecule has 8 heteroatoms. The Morgan fingerprint density at radius 2 is 2.10 bits per heavy atom. The molecule has 0 radical (unpaired) electrons. The first kappa shape index (κ1) is 22.1. The van der Waals surface area contributed by atoms with E-state index in [4.69, 9.17) is 9.15 Å². The maximum Gasteiger partial charge on any atom is 0.387 e. The van der Waals surface area contributed by atoms with Crippen LogP contribution in [0.15, 0.2) is 59.9 Å². The highest BCUT2D eigenvalue weighted by Crippen LogP contribution is 2.34. The number of carbonyl (C=O) groups excluding carboxylic acids is 1. The largest absolute Gasteiger partial charge is 0.489 e. The number of pyridine rings is 1. The Hall–Kier alpha value is -3.55. The Morgan fingerprint density at radius 3 is 2.81 bits per heavy atom. The van der Waals surface area contributed by atoms with Gasteiger partial charge in [-0.15, -0.1) is 6.58 Å². The molecule has 0 aliphatic heterocycles. The number of ether oxygens (including phenoxy) is 2. The molecule has 0 aliphatic carbocycles. The molecular weight excluding hydrogens is 406 g/mol. The summed E-state index contributed by atoms with van der Waals surface area (Å²) >= 11 is 0. The van der Waals surface area contributed by atoms with Crippen LogP contribution in [0.1, 0.15) is 41.0 Å². The summed E-state index contributed by atoms with van der Waals surface area (Å²) in [7, 11) is 0. The predicted octanol–water partition coefficient (Wildman–Crippen LogP) is 5.59. The van der Waals surface area contributed by atoms with Crippen LogP contribution in [0.3, 0.4) is 0 Å². The van der Waals surface area contributed by atoms with Crippen LogP contribution in [0.4, 0.5) is 8.78 Å². The summed E-state index contributed by atoms with van der Waals surface area (Å²) in [6.45, 7) is 4.41. The van der Waals surface area contributed by atoms with Gasteiger partial charge in [-0.05, 0) is 50.1 Å². The van der Waals surface area contributed by atoms with Gasteiger partial charge in [0.1, 0.15) is 12.0 Å². The third-order valence-electron chi connectivity index (χ3n) is 4.59. The molecule has 0 saturated carbocycles. The molecule has 0 N–H and O–H groups in total. The number of rotatable bonds is 10. The van der Waals surface area contributed by atoms with Crippen molar-refractivity contribution in [2.24, 2.45) is 0 Å². The van der Waals surface area contributed by atoms with Crippen LogP contribution < -0.4 is 9.47 Å². The van der Waals surface area contributed by atoms with Crippen molar-refractivity contribution >= 4 is 5.78 Å². The number of hydrogen-bond donors (Lipinski definition) is 0. The van der Waals surface area contributed by atoms with Crippen LogP contribution in [0.5, 0.6) is 11.5 Å². The standard InChI is InChI=1S/C23H22F2N2O4/c1-4-5-11-29-19-12-16(8-9-18(19)31-23(24)25)22-27-17(13-30-22)15(3)21(28)20-14(2)7-6-10-26-20/h4,6-10,12-13,15,23H,1,5,11H2,2-3H3. The Balaban J connectivity index is 1.85. The molecule has 3 aromatic rings. The Bertz CT molecular complexity index is 1070. The van der Waals surface area contributed by atoms with Crippen molar-refractivity contribution in [2.75, 3.05) is 6.61 Å². The van der Waals surface area contributed by atoms with Crippen LogP contribution >= 0.6 is 0 Å². The second-order valence-electron chi connectivity index (χ2n) is 6.80. The Labute approximate surface area is 178 Å². The van der Waals surface area contributed by atoms with E-state index in [1.54, 1.807) is 25.3 Å². The van der Waals surface area contributed by atoms with Crippen molar-refractivity contribution in [2.45, 2.75) is 32.8 Å². The smallest absolute Gasteiger partial charge is 0.387 e. The zero-order valence-electron chi connectivity index (χ0n) is 17.2. The van der Waals surface area contributed by atoms with Gasteiger partial charge in [0.15, 0.2) is 17.3 Å². The van der Waals surface area contributed by atoms with Crippen LogP contribution in [0.25, 0.3) is 11.5 Å². The maximum atomic E-state index is 12.8. The first-order valence-corrected chi connectivity index (χ1v) is 9.65. The molecule has 1 atom stereocenters. The van der Waals surface area contributed by atoms with Gasteiger partial charge in [-0.2, -0.15) is 8.78 Å². The first-order valence-electron chi connectivity index (χ1n) is 9.65. The number of halogens is 2. The third kappa shape index (κ3) is 5.33. The molecule has 3 rings (SSSR count). The average Bonchev–Trinajstić information content (AvgIpc) is 3.24. The van der Waals surface area contributed by atoms with Crippen molar-refractivity contribution in [1.82, 2.24) is 9.97 Å². The number of aryl methyl sites for hydroxylation is 1. The highest BCUT2D eigenvalue weighted by Gasteiger charge is 2.24. The number of benzene rings is 1. The second kappa shape index (κ2) is 9.97. The molecule has 1 unspecified atom stereocenters. The van der Waals surface area contributed by atoms with Crippen molar-refractivity contribution in [1.29, 1.82) is 0 Å². The highest BCUT2D eigenvalue weighted by atomic mass is 19.3. The van der Waals surface area contributed by atoms with E-state index in [0.29, 0.717) is 23.4 Å². The van der Waals surface area contributed by atoms with Crippen molar-refractivity contribution in [3.8, 4) is 23.0 Å². The Morgan fingerprint density at radius 1 is 1.29 bits per heavy atom. The summed E-state index contributed by atoms with van der Waals surface area (Å²) in [5, 5.41) is 0. The van der Waals surface area contributed by atoms with Gasteiger partial charge >= 0.3 is 6.61 Å². The summed E-state index contributed by atoms with van der Waals surface area (Å²) in [5.74, 6) is -0.483. The minimum Gasteiger partial charge on any atom is -0.489 e. The number of Topliss-reactive ketones (excluding diaryl/α,β-unsaturated/α-hetero) is 1. The van der Waals surface area contributed by atoms with E-state index in [-0.39, 0.29) is 29.8 Å². The number of ketones is 1. The van der Waals surface area contributed by atoms with E-state index in [1.165, 1.54) is 24.5 Å². The normalized spacial score (nSPS) is 11.9. The van der Waals surface area contributed by atoms with Gasteiger partial charge in [0, 0.05) is 11.8 Å². The van der Waals surface area contributed by atoms with E-state index in [1.807, 2.05) is 13.0 Å². The molecule has 0 aliphatic rings. The van der Waals surface area contributed by atoms with E-state index in [0.717, 1.165) is 5.56 Å². The monoisotopic (exact) mass is 428 g/mol. The van der Waals surface area contributed by atoms with Gasteiger partial charge in [0.2, 0.25) is 5.89 Å². The van der Waals surface area contributed by atoms with Crippen molar-refractivity contribution in [3.05, 3.63) is 72.4 Å². The van der Waals surface area contributed by atoms with E-state index < -0.39 is 12.5 Å². The topological polar surface area (TPSA) is 74.5 Å². The van der Waals surface area contributed by atoms with Crippen LogP contribution in [0.2, 0.25) is 0 Å². The van der Waals surface area contributed by atoms with Crippen LogP contribution in [-0.4, -0.2) is 29.0 Å². The highest BCUT2D eigenvalue weighted by molar-refractivity contribution is 5.99. The quantitative estimate of drug-likeness (QED) is 0.238. The fraction of sp³-hybridized carbons (Fsp3) is 0.261. The fourth-order valence-electron chi connectivity index (χ4n) is 2.90. The van der Waals surface area contributed by atoms with E-state index in [9.17, 15) is 13.6 Å². The summed E-state index contributed by atoms with van der Waals surface area (Å²) in [5.41, 5.74) is 2.09. The number of nitrogens with zero attached hydrogens (tertiary/aromatic N) is 2. The minimum absolute atomic E-state index is 0.0937. The molecule has 31 heavy (non-hydrogen) atoms. The maximum absolute atomic E-state index is 12.8. The zero-order chi connectivity index (χ0) is 22.4. The van der Waals surface area contributed by atoms with Crippen molar-refractivity contribution < 1.29 is 27.5 Å². The minimum atomic E-state index is -2.98. The molecule has 0 fully saturated rings. The summed E-state index contributed by atoms with van der Waals surface area (Å²) < 4.78 is 41.0. The average molecular weight is 428 g/mol. The molecule has 2 aromatic heterocycles. The molecule has 6 nitrogen and oxygen atoms in total. The number of alkyl halides is 2. The summed E-state index contributed by atoms with van der Waals surface area (Å²) in [6.07, 6.45) is 5.16. The lowest BCUT2D eigenvalue weighted by molar-refractivity contribution is -0.0514. The molecule has 0 bridgehead atoms. The van der Waals surface area contributed by atoms with Crippen LogP contribution in [0, 0.1) is 6.92 Å². The fourth-order valence-corrected chi connectivity index (χ4v) is 2.90. The lowest BCUT2D eigenvalue weighted by Crippen LogP contribution is -2.13. The van der Waals surface area contributed by atoms with Gasteiger partial charge in [-0.1, -0.05) is 12.1 Å². The van der Waals surface area contributed by atoms with Gasteiger partial charge in [0.25, 0.3) is 0 Å². The molecule has 0 saturated heterocycles. The molecule has 0 amide bonds. The zero-order valence-corrected chi connectivity index (χ0v) is 17.2. The van der Waals surface area contributed by atoms with Gasteiger partial charge in [0.05, 0.1) is 18.2 Å². The van der Waals surface area contributed by atoms with E-state index in [2.05, 4.69) is 21.3 Å². The summed E-state index contributed by atoms with van der Waals surface area (Å²) in [6, 6.07) is 7.98. The lowest BCUT2D eigenvalue weighted by Gasteiger charge is -2.12. The number of oxazole rings is 1. The van der Waals surface area contributed by atoms with E-state index >= 15 is 0 Å². The Kier molecular flexibility index (Phi) is 7.12. The summed E-state index contributed by atoms with van der Waals surface area (Å²) in [4.78, 5) is 21.4. The third-order valence-corrected chi connectivity index (χ3v) is 4.59.